The van der Waals surface area contributed by atoms with Crippen molar-refractivity contribution < 1.29 is 22.6 Å². The summed E-state index contributed by atoms with van der Waals surface area (Å²) >= 11 is 0. The van der Waals surface area contributed by atoms with Crippen LogP contribution in [0.25, 0.3) is 11.6 Å². The van der Waals surface area contributed by atoms with E-state index in [9.17, 15) is 13.2 Å². The lowest BCUT2D eigenvalue weighted by atomic mass is 9.88. The third-order valence-electron chi connectivity index (χ3n) is 4.66. The Kier molecular flexibility index (Phi) is 5.94. The normalized spacial score (nSPS) is 17.2. The zero-order valence-corrected chi connectivity index (χ0v) is 17.1. The van der Waals surface area contributed by atoms with Crippen molar-refractivity contribution in [3.63, 3.8) is 0 Å². The molecule has 0 fully saturated rings. The summed E-state index contributed by atoms with van der Waals surface area (Å²) in [7, 11) is 3.96. The predicted molar refractivity (Wildman–Crippen MR) is 109 cm³/mol. The third kappa shape index (κ3) is 5.54. The highest BCUT2D eigenvalue weighted by molar-refractivity contribution is 5.85. The Balaban J connectivity index is 1.93. The molecule has 2 aromatic carbocycles. The van der Waals surface area contributed by atoms with Gasteiger partial charge in [-0.1, -0.05) is 18.2 Å². The smallest absolute Gasteiger partial charge is 0.416 e. The van der Waals surface area contributed by atoms with E-state index in [1.807, 2.05) is 57.1 Å². The number of benzene rings is 2. The molecule has 0 radical (unpaired) electrons. The summed E-state index contributed by atoms with van der Waals surface area (Å²) in [4.78, 5) is 2.04. The molecule has 0 aromatic heterocycles. The molecule has 0 amide bonds. The van der Waals surface area contributed by atoms with Crippen LogP contribution in [0.3, 0.4) is 0 Å². The van der Waals surface area contributed by atoms with Crippen LogP contribution >= 0.6 is 0 Å². The first-order valence-electron chi connectivity index (χ1n) is 9.52. The predicted octanol–water partition coefficient (Wildman–Crippen LogP) is 5.75. The van der Waals surface area contributed by atoms with Gasteiger partial charge in [-0.15, -0.1) is 0 Å². The van der Waals surface area contributed by atoms with E-state index < -0.39 is 17.3 Å². The average molecular weight is 405 g/mol. The number of rotatable bonds is 5. The molecule has 1 aliphatic heterocycles. The van der Waals surface area contributed by atoms with Gasteiger partial charge >= 0.3 is 6.18 Å². The number of ether oxygens (including phenoxy) is 2. The summed E-state index contributed by atoms with van der Waals surface area (Å²) in [6.07, 6.45) is -1.96. The van der Waals surface area contributed by atoms with Crippen LogP contribution in [-0.4, -0.2) is 37.7 Å². The van der Waals surface area contributed by atoms with E-state index in [-0.39, 0.29) is 0 Å². The van der Waals surface area contributed by atoms with Gasteiger partial charge in [-0.05, 0) is 63.3 Å². The first-order valence-corrected chi connectivity index (χ1v) is 9.52. The first-order chi connectivity index (χ1) is 13.5. The molecule has 0 atom stereocenters. The van der Waals surface area contributed by atoms with Crippen LogP contribution in [0.5, 0.6) is 11.5 Å². The molecule has 0 N–H and O–H groups in total. The fourth-order valence-corrected chi connectivity index (χ4v) is 3.31. The van der Waals surface area contributed by atoms with Crippen molar-refractivity contribution in [2.75, 3.05) is 27.2 Å². The van der Waals surface area contributed by atoms with Crippen LogP contribution in [0.1, 0.15) is 37.0 Å². The molecule has 0 saturated heterocycles. The molecular weight excluding hydrogens is 379 g/mol. The summed E-state index contributed by atoms with van der Waals surface area (Å²) in [6, 6.07) is 11.0. The Morgan fingerprint density at radius 3 is 2.59 bits per heavy atom. The molecule has 0 aliphatic carbocycles. The number of fused-ring (bicyclic) bond motifs is 1. The minimum absolute atomic E-state index is 0.470. The van der Waals surface area contributed by atoms with Gasteiger partial charge in [0, 0.05) is 24.6 Å². The summed E-state index contributed by atoms with van der Waals surface area (Å²) in [6.45, 7) is 5.29. The quantitative estimate of drug-likeness (QED) is 0.632. The Hall–Kier alpha value is -2.47. The van der Waals surface area contributed by atoms with Crippen LogP contribution in [0, 0.1) is 0 Å². The zero-order valence-electron chi connectivity index (χ0n) is 17.1. The van der Waals surface area contributed by atoms with E-state index in [2.05, 4.69) is 0 Å². The van der Waals surface area contributed by atoms with Gasteiger partial charge in [-0.25, -0.2) is 0 Å². The largest absolute Gasteiger partial charge is 0.492 e. The Labute approximate surface area is 169 Å². The minimum atomic E-state index is -4.36. The van der Waals surface area contributed by atoms with Gasteiger partial charge in [0.2, 0.25) is 0 Å². The maximum absolute atomic E-state index is 13.0. The number of alkyl halides is 3. The third-order valence-corrected chi connectivity index (χ3v) is 4.66. The molecule has 0 bridgehead atoms. The monoisotopic (exact) mass is 405 g/mol. The van der Waals surface area contributed by atoms with E-state index in [0.29, 0.717) is 30.1 Å². The molecule has 0 spiro atoms. The Bertz CT molecular complexity index is 901. The molecule has 1 heterocycles. The van der Waals surface area contributed by atoms with E-state index >= 15 is 0 Å². The number of halogens is 3. The van der Waals surface area contributed by atoms with Gasteiger partial charge in [0.15, 0.2) is 0 Å². The fraction of sp³-hybridized carbons (Fsp3) is 0.391. The summed E-state index contributed by atoms with van der Waals surface area (Å²) < 4.78 is 51.1. The van der Waals surface area contributed by atoms with Gasteiger partial charge in [0.05, 0.1) is 5.56 Å². The molecule has 0 unspecified atom stereocenters. The van der Waals surface area contributed by atoms with Gasteiger partial charge < -0.3 is 14.4 Å². The van der Waals surface area contributed by atoms with Gasteiger partial charge in [-0.2, -0.15) is 13.2 Å². The lowest BCUT2D eigenvalue weighted by molar-refractivity contribution is -0.137. The SMILES string of the molecule is CN(C)CCOc1ccc2c(c1)OC(C)(C)CC2=Cc1cccc(C(F)(F)F)c1. The van der Waals surface area contributed by atoms with Crippen molar-refractivity contribution in [3.8, 4) is 11.5 Å². The van der Waals surface area contributed by atoms with Crippen LogP contribution in [0.15, 0.2) is 42.5 Å². The molecule has 1 aliphatic rings. The summed E-state index contributed by atoms with van der Waals surface area (Å²) in [5.41, 5.74) is 1.22. The second kappa shape index (κ2) is 8.11. The minimum Gasteiger partial charge on any atom is -0.492 e. The molecule has 3 nitrogen and oxygen atoms in total. The highest BCUT2D eigenvalue weighted by Gasteiger charge is 2.32. The fourth-order valence-electron chi connectivity index (χ4n) is 3.31. The highest BCUT2D eigenvalue weighted by Crippen LogP contribution is 2.43. The van der Waals surface area contributed by atoms with Crippen LogP contribution in [-0.2, 0) is 6.18 Å². The number of hydrogen-bond acceptors (Lipinski definition) is 3. The number of hydrogen-bond donors (Lipinski definition) is 0. The van der Waals surface area contributed by atoms with Crippen LogP contribution < -0.4 is 9.47 Å². The van der Waals surface area contributed by atoms with E-state index in [0.717, 1.165) is 23.7 Å². The van der Waals surface area contributed by atoms with Crippen molar-refractivity contribution >= 4 is 11.6 Å². The Morgan fingerprint density at radius 1 is 1.14 bits per heavy atom. The number of nitrogens with zero attached hydrogens (tertiary/aromatic N) is 1. The highest BCUT2D eigenvalue weighted by atomic mass is 19.4. The molecule has 156 valence electrons. The maximum atomic E-state index is 13.0. The van der Waals surface area contributed by atoms with Crippen molar-refractivity contribution in [1.82, 2.24) is 4.90 Å². The molecule has 3 rings (SSSR count). The molecular formula is C23H26F3NO2. The van der Waals surface area contributed by atoms with Crippen LogP contribution in [0.4, 0.5) is 13.2 Å². The number of likely N-dealkylation sites (N-methyl/N-ethyl adjacent to an activating group) is 1. The van der Waals surface area contributed by atoms with Crippen molar-refractivity contribution in [1.29, 1.82) is 0 Å². The topological polar surface area (TPSA) is 21.7 Å². The van der Waals surface area contributed by atoms with Crippen molar-refractivity contribution in [2.45, 2.75) is 32.0 Å². The van der Waals surface area contributed by atoms with E-state index in [1.165, 1.54) is 12.1 Å². The molecule has 6 heteroatoms. The first kappa shape index (κ1) is 21.2. The van der Waals surface area contributed by atoms with Gasteiger partial charge in [0.25, 0.3) is 0 Å². The maximum Gasteiger partial charge on any atom is 0.416 e. The molecule has 0 saturated carbocycles. The lowest BCUT2D eigenvalue weighted by Crippen LogP contribution is -2.32. The molecule has 29 heavy (non-hydrogen) atoms. The second-order valence-corrected chi connectivity index (χ2v) is 8.14. The Morgan fingerprint density at radius 2 is 1.90 bits per heavy atom. The van der Waals surface area contributed by atoms with Gasteiger partial charge in [0.1, 0.15) is 23.7 Å². The second-order valence-electron chi connectivity index (χ2n) is 8.14. The summed E-state index contributed by atoms with van der Waals surface area (Å²) in [5, 5.41) is 0. The van der Waals surface area contributed by atoms with Crippen molar-refractivity contribution in [2.24, 2.45) is 0 Å². The summed E-state index contributed by atoms with van der Waals surface area (Å²) in [5.74, 6) is 1.39. The standard InChI is InChI=1S/C23H26F3NO2/c1-22(2)15-17(12-16-6-5-7-18(13-16)23(24,25)26)20-9-8-19(14-21(20)29-22)28-11-10-27(3)4/h5-9,12-14H,10-11,15H2,1-4H3. The average Bonchev–Trinajstić information content (AvgIpc) is 2.59. The van der Waals surface area contributed by atoms with E-state index in [1.54, 1.807) is 6.07 Å². The van der Waals surface area contributed by atoms with Crippen LogP contribution in [0.2, 0.25) is 0 Å². The van der Waals surface area contributed by atoms with Crippen molar-refractivity contribution in [3.05, 3.63) is 59.2 Å². The zero-order chi connectivity index (χ0) is 21.2. The lowest BCUT2D eigenvalue weighted by Gasteiger charge is -2.34. The van der Waals surface area contributed by atoms with E-state index in [4.69, 9.17) is 9.47 Å². The van der Waals surface area contributed by atoms with Gasteiger partial charge in [-0.3, -0.25) is 0 Å². The molecule has 2 aromatic rings.